The molecule has 0 amide bonds. The first-order chi connectivity index (χ1) is 9.67. The number of rotatable bonds is 3. The molecule has 3 rings (SSSR count). The van der Waals surface area contributed by atoms with E-state index in [-0.39, 0.29) is 0 Å². The van der Waals surface area contributed by atoms with E-state index in [1.165, 1.54) is 0 Å². The van der Waals surface area contributed by atoms with Crippen LogP contribution in [0.3, 0.4) is 0 Å². The van der Waals surface area contributed by atoms with Crippen molar-refractivity contribution in [3.05, 3.63) is 36.0 Å². The molecule has 0 aliphatic carbocycles. The molecule has 6 nitrogen and oxygen atoms in total. The number of nitriles is 1. The predicted molar refractivity (Wildman–Crippen MR) is 74.3 cm³/mol. The molecular weight excluding hydrogens is 252 g/mol. The minimum Gasteiger partial charge on any atom is -0.352 e. The average Bonchev–Trinajstić information content (AvgIpc) is 2.86. The van der Waals surface area contributed by atoms with Gasteiger partial charge in [0.15, 0.2) is 0 Å². The van der Waals surface area contributed by atoms with E-state index in [1.807, 2.05) is 16.9 Å². The van der Waals surface area contributed by atoms with Gasteiger partial charge in [-0.1, -0.05) is 13.8 Å². The molecule has 0 N–H and O–H groups in total. The summed E-state index contributed by atoms with van der Waals surface area (Å²) in [7, 11) is 0. The highest BCUT2D eigenvalue weighted by Crippen LogP contribution is 2.26. The van der Waals surface area contributed by atoms with Crippen molar-refractivity contribution in [1.29, 1.82) is 5.26 Å². The van der Waals surface area contributed by atoms with Crippen molar-refractivity contribution in [3.63, 3.8) is 0 Å². The second-order valence-corrected chi connectivity index (χ2v) is 5.31. The Hall–Kier alpha value is -2.42. The lowest BCUT2D eigenvalue weighted by Gasteiger charge is -2.40. The Morgan fingerprint density at radius 1 is 1.40 bits per heavy atom. The highest BCUT2D eigenvalue weighted by Gasteiger charge is 2.30. The number of hydrogen-bond acceptors (Lipinski definition) is 5. The minimum atomic E-state index is 0.314. The first-order valence-electron chi connectivity index (χ1n) is 6.69. The van der Waals surface area contributed by atoms with Gasteiger partial charge in [0, 0.05) is 31.4 Å². The lowest BCUT2D eigenvalue weighted by atomic mass is 10.1. The van der Waals surface area contributed by atoms with Crippen LogP contribution < -0.4 is 4.90 Å². The van der Waals surface area contributed by atoms with Crippen LogP contribution in [0.25, 0.3) is 0 Å². The van der Waals surface area contributed by atoms with Gasteiger partial charge in [-0.15, -0.1) is 0 Å². The smallest absolute Gasteiger partial charge is 0.133 e. The fourth-order valence-corrected chi connectivity index (χ4v) is 2.22. The molecule has 1 fully saturated rings. The molecule has 0 unspecified atom stereocenters. The van der Waals surface area contributed by atoms with Crippen LogP contribution in [0.15, 0.2) is 24.7 Å². The van der Waals surface area contributed by atoms with Crippen LogP contribution in [0.1, 0.15) is 37.2 Å². The van der Waals surface area contributed by atoms with Crippen molar-refractivity contribution in [2.45, 2.75) is 25.8 Å². The van der Waals surface area contributed by atoms with E-state index >= 15 is 0 Å². The van der Waals surface area contributed by atoms with E-state index in [4.69, 9.17) is 5.26 Å². The van der Waals surface area contributed by atoms with Crippen molar-refractivity contribution in [3.8, 4) is 6.07 Å². The number of anilines is 1. The Kier molecular flexibility index (Phi) is 3.11. The van der Waals surface area contributed by atoms with E-state index in [1.54, 1.807) is 12.4 Å². The lowest BCUT2D eigenvalue weighted by Crippen LogP contribution is -2.48. The van der Waals surface area contributed by atoms with E-state index < -0.39 is 0 Å². The molecule has 3 heterocycles. The summed E-state index contributed by atoms with van der Waals surface area (Å²) in [5.74, 6) is 2.17. The second kappa shape index (κ2) is 4.93. The maximum Gasteiger partial charge on any atom is 0.133 e. The molecule has 1 aliphatic rings. The predicted octanol–water partition coefficient (Wildman–Crippen LogP) is 1.73. The molecule has 1 saturated heterocycles. The van der Waals surface area contributed by atoms with Gasteiger partial charge in [0.2, 0.25) is 0 Å². The molecule has 0 spiro atoms. The summed E-state index contributed by atoms with van der Waals surface area (Å²) in [6.07, 6.45) is 5.21. The topological polar surface area (TPSA) is 70.6 Å². The third-order valence-corrected chi connectivity index (χ3v) is 3.47. The minimum absolute atomic E-state index is 0.314. The average molecular weight is 268 g/mol. The van der Waals surface area contributed by atoms with Crippen LogP contribution in [-0.4, -0.2) is 32.8 Å². The van der Waals surface area contributed by atoms with Gasteiger partial charge in [-0.3, -0.25) is 4.68 Å². The number of hydrogen-bond donors (Lipinski definition) is 0. The molecule has 20 heavy (non-hydrogen) atoms. The molecule has 0 aromatic carbocycles. The van der Waals surface area contributed by atoms with Crippen molar-refractivity contribution in [2.75, 3.05) is 18.0 Å². The molecule has 0 saturated carbocycles. The molecule has 0 radical (unpaired) electrons. The first-order valence-corrected chi connectivity index (χ1v) is 6.69. The number of aromatic nitrogens is 4. The van der Waals surface area contributed by atoms with Crippen molar-refractivity contribution in [1.82, 2.24) is 19.7 Å². The Morgan fingerprint density at radius 3 is 2.85 bits per heavy atom. The summed E-state index contributed by atoms with van der Waals surface area (Å²) in [5, 5.41) is 13.0. The van der Waals surface area contributed by atoms with E-state index in [9.17, 15) is 0 Å². The molecule has 6 heteroatoms. The van der Waals surface area contributed by atoms with E-state index in [0.29, 0.717) is 17.5 Å². The summed E-state index contributed by atoms with van der Waals surface area (Å²) >= 11 is 0. The van der Waals surface area contributed by atoms with Crippen molar-refractivity contribution in [2.24, 2.45) is 0 Å². The normalized spacial score (nSPS) is 15.2. The van der Waals surface area contributed by atoms with Crippen molar-refractivity contribution >= 4 is 5.82 Å². The third kappa shape index (κ3) is 2.23. The summed E-state index contributed by atoms with van der Waals surface area (Å²) in [6, 6.07) is 4.35. The maximum atomic E-state index is 8.81. The Balaban J connectivity index is 1.68. The fraction of sp³-hybridized carbons (Fsp3) is 0.429. The van der Waals surface area contributed by atoms with Gasteiger partial charge >= 0.3 is 0 Å². The quantitative estimate of drug-likeness (QED) is 0.847. The van der Waals surface area contributed by atoms with Gasteiger partial charge in [0.1, 0.15) is 17.7 Å². The van der Waals surface area contributed by atoms with Crippen LogP contribution in [0.5, 0.6) is 0 Å². The molecule has 2 aromatic heterocycles. The Labute approximate surface area is 117 Å². The van der Waals surface area contributed by atoms with Crippen LogP contribution in [0.2, 0.25) is 0 Å². The van der Waals surface area contributed by atoms with Gasteiger partial charge in [0.25, 0.3) is 0 Å². The largest absolute Gasteiger partial charge is 0.352 e. The van der Waals surface area contributed by atoms with Crippen LogP contribution >= 0.6 is 0 Å². The van der Waals surface area contributed by atoms with E-state index in [2.05, 4.69) is 39.9 Å². The van der Waals surface area contributed by atoms with Gasteiger partial charge in [-0.25, -0.2) is 9.97 Å². The first kappa shape index (κ1) is 12.6. The third-order valence-electron chi connectivity index (χ3n) is 3.47. The van der Waals surface area contributed by atoms with Gasteiger partial charge in [0.05, 0.1) is 17.8 Å². The van der Waals surface area contributed by atoms with Crippen LogP contribution in [-0.2, 0) is 0 Å². The molecule has 2 aromatic rings. The molecule has 0 bridgehead atoms. The van der Waals surface area contributed by atoms with E-state index in [0.717, 1.165) is 24.7 Å². The second-order valence-electron chi connectivity index (χ2n) is 5.31. The summed E-state index contributed by atoms with van der Waals surface area (Å²) in [5.41, 5.74) is 0.604. The van der Waals surface area contributed by atoms with Gasteiger partial charge in [-0.05, 0) is 6.07 Å². The Morgan fingerprint density at radius 2 is 2.20 bits per heavy atom. The number of nitrogens with zero attached hydrogens (tertiary/aromatic N) is 6. The maximum absolute atomic E-state index is 8.81. The molecule has 0 atom stereocenters. The molecule has 1 aliphatic heterocycles. The summed E-state index contributed by atoms with van der Waals surface area (Å²) in [6.45, 7) is 5.90. The van der Waals surface area contributed by atoms with Crippen molar-refractivity contribution < 1.29 is 0 Å². The fourth-order valence-electron chi connectivity index (χ4n) is 2.22. The zero-order valence-corrected chi connectivity index (χ0v) is 11.6. The zero-order chi connectivity index (χ0) is 14.1. The Bertz CT molecular complexity index is 648. The summed E-state index contributed by atoms with van der Waals surface area (Å²) in [4.78, 5) is 11.1. The summed E-state index contributed by atoms with van der Waals surface area (Å²) < 4.78 is 1.86. The lowest BCUT2D eigenvalue weighted by molar-refractivity contribution is 0.365. The van der Waals surface area contributed by atoms with Gasteiger partial charge in [-0.2, -0.15) is 10.4 Å². The molecular formula is C14H16N6. The highest BCUT2D eigenvalue weighted by molar-refractivity contribution is 5.41. The zero-order valence-electron chi connectivity index (χ0n) is 11.6. The molecule has 102 valence electrons. The standard InChI is InChI=1S/C14H16N6/c1-10(2)14-16-4-3-13(18-14)19-8-12(9-19)20-7-11(5-15)6-17-20/h3-4,6-7,10,12H,8-9H2,1-2H3. The monoisotopic (exact) mass is 268 g/mol. The highest BCUT2D eigenvalue weighted by atomic mass is 15.4. The van der Waals surface area contributed by atoms with Crippen LogP contribution in [0, 0.1) is 11.3 Å². The van der Waals surface area contributed by atoms with Gasteiger partial charge < -0.3 is 4.90 Å². The van der Waals surface area contributed by atoms with Crippen LogP contribution in [0.4, 0.5) is 5.82 Å². The SMILES string of the molecule is CC(C)c1nccc(N2CC(n3cc(C#N)cn3)C2)n1.